The molecule has 3 aromatic rings. The summed E-state index contributed by atoms with van der Waals surface area (Å²) in [5.74, 6) is -0.296. The third kappa shape index (κ3) is 4.40. The molecule has 178 valence electrons. The predicted octanol–water partition coefficient (Wildman–Crippen LogP) is 5.07. The van der Waals surface area contributed by atoms with Crippen molar-refractivity contribution in [3.63, 3.8) is 0 Å². The Morgan fingerprint density at radius 3 is 2.59 bits per heavy atom. The molecule has 1 aliphatic carbocycles. The summed E-state index contributed by atoms with van der Waals surface area (Å²) in [6.45, 7) is 2.95. The number of hydrogen-bond acceptors (Lipinski definition) is 5. The highest BCUT2D eigenvalue weighted by molar-refractivity contribution is 6.33. The van der Waals surface area contributed by atoms with E-state index < -0.39 is 35.4 Å². The van der Waals surface area contributed by atoms with Crippen LogP contribution >= 0.6 is 11.6 Å². The number of carbonyl (C=O) groups excluding carboxylic acids is 1. The first-order valence-electron chi connectivity index (χ1n) is 10.4. The van der Waals surface area contributed by atoms with Gasteiger partial charge in [-0.2, -0.15) is 13.2 Å². The monoisotopic (exact) mass is 491 g/mol. The van der Waals surface area contributed by atoms with Crippen LogP contribution in [0.3, 0.4) is 0 Å². The molecule has 34 heavy (non-hydrogen) atoms. The largest absolute Gasteiger partial charge is 0.460 e. The zero-order valence-electron chi connectivity index (χ0n) is 18.5. The van der Waals surface area contributed by atoms with Crippen molar-refractivity contribution in [1.82, 2.24) is 9.55 Å². The Labute approximate surface area is 198 Å². The molecule has 6 nitrogen and oxygen atoms in total. The van der Waals surface area contributed by atoms with Gasteiger partial charge in [-0.3, -0.25) is 14.2 Å². The Kier molecular flexibility index (Phi) is 6.16. The first kappa shape index (κ1) is 23.8. The Morgan fingerprint density at radius 2 is 1.94 bits per heavy atom. The number of nitrogens with zero attached hydrogens (tertiary/aromatic N) is 2. The number of benzene rings is 2. The summed E-state index contributed by atoms with van der Waals surface area (Å²) in [6.07, 6.45) is -4.55. The van der Waals surface area contributed by atoms with Gasteiger partial charge in [0.1, 0.15) is 17.6 Å². The first-order valence-corrected chi connectivity index (χ1v) is 10.8. The minimum atomic E-state index is -4.54. The summed E-state index contributed by atoms with van der Waals surface area (Å²) in [4.78, 5) is 29.4. The minimum absolute atomic E-state index is 0.134. The van der Waals surface area contributed by atoms with Crippen molar-refractivity contribution in [3.8, 4) is 11.4 Å². The molecule has 1 aromatic heterocycles. The fraction of sp³-hybridized carbons (Fsp3) is 0.292. The lowest BCUT2D eigenvalue weighted by Gasteiger charge is -2.24. The van der Waals surface area contributed by atoms with Crippen molar-refractivity contribution in [2.45, 2.75) is 38.6 Å². The molecule has 0 saturated carbocycles. The molecule has 0 spiro atoms. The molecule has 0 radical (unpaired) electrons. The summed E-state index contributed by atoms with van der Waals surface area (Å²) in [7, 11) is 1.47. The number of aryl methyl sites for hydroxylation is 1. The summed E-state index contributed by atoms with van der Waals surface area (Å²) >= 11 is 6.13. The number of anilines is 1. The van der Waals surface area contributed by atoms with Gasteiger partial charge in [-0.05, 0) is 36.2 Å². The normalized spacial score (nSPS) is 17.4. The number of esters is 1. The second-order valence-electron chi connectivity index (χ2n) is 8.13. The number of nitrogens with one attached hydrogen (secondary N) is 1. The van der Waals surface area contributed by atoms with E-state index in [9.17, 15) is 22.8 Å². The van der Waals surface area contributed by atoms with Gasteiger partial charge in [-0.15, -0.1) is 0 Å². The molecule has 0 aliphatic heterocycles. The number of hydrogen-bond donors (Lipinski definition) is 1. The molecular formula is C24H21ClF3N3O3. The van der Waals surface area contributed by atoms with Crippen LogP contribution < -0.4 is 10.9 Å². The molecule has 2 aromatic carbocycles. The number of aromatic nitrogens is 2. The maximum atomic E-state index is 13.3. The Hall–Kier alpha value is -3.33. The molecular weight excluding hydrogens is 471 g/mol. The van der Waals surface area contributed by atoms with E-state index >= 15 is 0 Å². The van der Waals surface area contributed by atoms with Crippen molar-refractivity contribution in [1.29, 1.82) is 0 Å². The van der Waals surface area contributed by atoms with Crippen molar-refractivity contribution < 1.29 is 22.7 Å². The first-order chi connectivity index (χ1) is 16.0. The van der Waals surface area contributed by atoms with Gasteiger partial charge in [-0.25, -0.2) is 4.98 Å². The molecule has 1 heterocycles. The topological polar surface area (TPSA) is 73.2 Å². The van der Waals surface area contributed by atoms with Gasteiger partial charge < -0.3 is 10.1 Å². The maximum absolute atomic E-state index is 13.3. The number of rotatable bonds is 4. The van der Waals surface area contributed by atoms with E-state index in [0.29, 0.717) is 12.1 Å². The second-order valence-corrected chi connectivity index (χ2v) is 8.53. The number of carbonyl (C=O) groups is 1. The van der Waals surface area contributed by atoms with Crippen molar-refractivity contribution in [3.05, 3.63) is 80.2 Å². The van der Waals surface area contributed by atoms with Crippen LogP contribution in [0.5, 0.6) is 0 Å². The predicted molar refractivity (Wildman–Crippen MR) is 122 cm³/mol. The minimum Gasteiger partial charge on any atom is -0.460 e. The smallest absolute Gasteiger partial charge is 0.416 e. The highest BCUT2D eigenvalue weighted by atomic mass is 35.5. The van der Waals surface area contributed by atoms with Gasteiger partial charge in [0.15, 0.2) is 0 Å². The molecule has 4 rings (SSSR count). The van der Waals surface area contributed by atoms with Gasteiger partial charge in [0, 0.05) is 26.0 Å². The zero-order chi connectivity index (χ0) is 24.8. The number of ether oxygens (including phenoxy) is 1. The lowest BCUT2D eigenvalue weighted by atomic mass is 10.1. The number of alkyl halides is 3. The van der Waals surface area contributed by atoms with E-state index in [2.05, 4.69) is 10.3 Å². The fourth-order valence-corrected chi connectivity index (χ4v) is 4.46. The van der Waals surface area contributed by atoms with Crippen LogP contribution in [-0.4, -0.2) is 21.6 Å². The SMILES string of the molecule is CC(=O)OC1Cc2ccccc2C1Nc1c(C)nc(-c2ccc(C(F)(F)F)cc2Cl)n(C)c1=O. The third-order valence-electron chi connectivity index (χ3n) is 5.81. The van der Waals surface area contributed by atoms with E-state index in [1.807, 2.05) is 24.3 Å². The van der Waals surface area contributed by atoms with Gasteiger partial charge >= 0.3 is 12.1 Å². The Bertz CT molecular complexity index is 1340. The zero-order valence-corrected chi connectivity index (χ0v) is 19.3. The highest BCUT2D eigenvalue weighted by Crippen LogP contribution is 2.37. The van der Waals surface area contributed by atoms with Gasteiger partial charge in [0.05, 0.1) is 22.3 Å². The van der Waals surface area contributed by atoms with E-state index in [-0.39, 0.29) is 22.1 Å². The van der Waals surface area contributed by atoms with Crippen LogP contribution in [0.15, 0.2) is 47.3 Å². The maximum Gasteiger partial charge on any atom is 0.416 e. The molecule has 0 saturated heterocycles. The van der Waals surface area contributed by atoms with Crippen LogP contribution in [0.1, 0.15) is 35.3 Å². The molecule has 0 fully saturated rings. The fourth-order valence-electron chi connectivity index (χ4n) is 4.20. The molecule has 2 atom stereocenters. The molecule has 10 heteroatoms. The molecule has 1 N–H and O–H groups in total. The number of halogens is 4. The van der Waals surface area contributed by atoms with Crippen LogP contribution in [0.25, 0.3) is 11.4 Å². The van der Waals surface area contributed by atoms with E-state index in [1.165, 1.54) is 24.6 Å². The highest BCUT2D eigenvalue weighted by Gasteiger charge is 2.36. The lowest BCUT2D eigenvalue weighted by Crippen LogP contribution is -2.31. The summed E-state index contributed by atoms with van der Waals surface area (Å²) < 4.78 is 45.7. The summed E-state index contributed by atoms with van der Waals surface area (Å²) in [5.41, 5.74) is 1.31. The second kappa shape index (κ2) is 8.79. The van der Waals surface area contributed by atoms with Gasteiger partial charge in [0.2, 0.25) is 0 Å². The van der Waals surface area contributed by atoms with Crippen LogP contribution in [-0.2, 0) is 29.2 Å². The van der Waals surface area contributed by atoms with Crippen LogP contribution in [0, 0.1) is 6.92 Å². The quantitative estimate of drug-likeness (QED) is 0.516. The van der Waals surface area contributed by atoms with Gasteiger partial charge in [0.25, 0.3) is 5.56 Å². The van der Waals surface area contributed by atoms with Crippen LogP contribution in [0.4, 0.5) is 18.9 Å². The Balaban J connectivity index is 1.74. The van der Waals surface area contributed by atoms with Crippen molar-refractivity contribution in [2.24, 2.45) is 7.05 Å². The standard InChI is InChI=1S/C24H21ClF3N3O3/c1-12-20(30-21-16-7-5-4-6-14(16)10-19(21)34-13(2)32)23(33)31(3)22(29-12)17-9-8-15(11-18(17)25)24(26,27)28/h4-9,11,19,21,30H,10H2,1-3H3. The van der Waals surface area contributed by atoms with Crippen LogP contribution in [0.2, 0.25) is 5.02 Å². The summed E-state index contributed by atoms with van der Waals surface area (Å²) in [5, 5.41) is 3.03. The lowest BCUT2D eigenvalue weighted by molar-refractivity contribution is -0.146. The molecule has 0 amide bonds. The molecule has 0 bridgehead atoms. The third-order valence-corrected chi connectivity index (χ3v) is 6.12. The van der Waals surface area contributed by atoms with Gasteiger partial charge in [-0.1, -0.05) is 35.9 Å². The summed E-state index contributed by atoms with van der Waals surface area (Å²) in [6, 6.07) is 10.0. The number of fused-ring (bicyclic) bond motifs is 1. The molecule has 1 aliphatic rings. The average Bonchev–Trinajstić information content (AvgIpc) is 3.09. The van der Waals surface area contributed by atoms with Crippen molar-refractivity contribution >= 4 is 23.3 Å². The van der Waals surface area contributed by atoms with E-state index in [1.54, 1.807) is 6.92 Å². The van der Waals surface area contributed by atoms with Crippen molar-refractivity contribution in [2.75, 3.05) is 5.32 Å². The Morgan fingerprint density at radius 1 is 1.24 bits per heavy atom. The molecule has 2 unspecified atom stereocenters. The average molecular weight is 492 g/mol. The van der Waals surface area contributed by atoms with E-state index in [0.717, 1.165) is 23.3 Å². The van der Waals surface area contributed by atoms with E-state index in [4.69, 9.17) is 16.3 Å².